The summed E-state index contributed by atoms with van der Waals surface area (Å²) in [6.07, 6.45) is 1.24. The Labute approximate surface area is 613 Å². The number of thiophene rings is 1. The minimum Gasteiger partial charge on any atom is -0.496 e. The quantitative estimate of drug-likeness (QED) is 0.00902. The first-order chi connectivity index (χ1) is 50.9. The van der Waals surface area contributed by atoms with Crippen LogP contribution in [0.5, 0.6) is 23.1 Å². The number of fused-ring (bicyclic) bond motifs is 1. The fraction of sp³-hybridized carbons (Fsp3) is 0.370. The maximum Gasteiger partial charge on any atom is 0.410 e. The Morgan fingerprint density at radius 1 is 0.790 bits per heavy atom. The molecule has 0 bridgehead atoms. The lowest BCUT2D eigenvalue weighted by atomic mass is 9.96. The minimum atomic E-state index is -1.46. The number of aromatic nitrogens is 4. The van der Waals surface area contributed by atoms with Gasteiger partial charge in [0, 0.05) is 79.5 Å². The molecule has 6 amide bonds. The van der Waals surface area contributed by atoms with Crippen LogP contribution in [-0.2, 0) is 57.8 Å². The van der Waals surface area contributed by atoms with Crippen molar-refractivity contribution in [3.63, 3.8) is 0 Å². The van der Waals surface area contributed by atoms with Crippen LogP contribution in [0.4, 0.5) is 19.7 Å². The molecule has 0 spiro atoms. The van der Waals surface area contributed by atoms with E-state index in [2.05, 4.69) is 51.1 Å². The van der Waals surface area contributed by atoms with Gasteiger partial charge in [-0.05, 0) is 114 Å². The van der Waals surface area contributed by atoms with Gasteiger partial charge in [-0.2, -0.15) is 0 Å². The molecule has 3 atom stereocenters. The SMILES string of the molecule is COc1ccccc1-c1nccc(COc2ccccc2C[C@@H](Oc2ncnc3sc(-c4ccc(F)cc4)c(-c4ccc(OCCN5CCN(C(=O)OCc6ccc(NC(=O)[C@H](CCCNC(N)=O)NC(=O)[C@@H](NC(=O)COCCOCCOCCN=[N+]=[N-])C(C)C)cc6)CC5)c(Cl)c4C)c23)C(=O)O)n1. The first-order valence-corrected chi connectivity index (χ1v) is 35.0. The zero-order valence-corrected chi connectivity index (χ0v) is 59.9. The molecule has 105 heavy (non-hydrogen) atoms. The van der Waals surface area contributed by atoms with Crippen molar-refractivity contribution in [2.24, 2.45) is 16.8 Å². The van der Waals surface area contributed by atoms with Gasteiger partial charge in [-0.25, -0.2) is 38.7 Å². The van der Waals surface area contributed by atoms with Crippen LogP contribution in [0.25, 0.3) is 53.6 Å². The van der Waals surface area contributed by atoms with Gasteiger partial charge in [-0.3, -0.25) is 19.3 Å². The predicted octanol–water partition coefficient (Wildman–Crippen LogP) is 9.95. The number of nitrogens with two attached hydrogens (primary N) is 1. The summed E-state index contributed by atoms with van der Waals surface area (Å²) in [7, 11) is 1.58. The molecule has 8 aromatic rings. The molecule has 5 aromatic carbocycles. The van der Waals surface area contributed by atoms with E-state index < -0.39 is 59.8 Å². The van der Waals surface area contributed by atoms with Crippen LogP contribution in [0.2, 0.25) is 5.02 Å². The monoisotopic (exact) mass is 1480 g/mol. The smallest absolute Gasteiger partial charge is 0.410 e. The number of carboxylic acid groups (broad SMARTS) is 1. The van der Waals surface area contributed by atoms with E-state index in [1.54, 1.807) is 105 Å². The third-order valence-corrected chi connectivity index (χ3v) is 18.3. The molecule has 1 aliphatic heterocycles. The molecule has 3 aromatic heterocycles. The average Bonchev–Trinajstić information content (AvgIpc) is 1.60. The molecule has 4 heterocycles. The predicted molar refractivity (Wildman–Crippen MR) is 389 cm³/mol. The van der Waals surface area contributed by atoms with Gasteiger partial charge in [-0.15, -0.1) is 11.3 Å². The van der Waals surface area contributed by atoms with Crippen LogP contribution in [0.15, 0.2) is 133 Å². The number of ether oxygens (including phenoxy) is 8. The van der Waals surface area contributed by atoms with E-state index in [-0.39, 0.29) is 104 Å². The summed E-state index contributed by atoms with van der Waals surface area (Å²) in [4.78, 5) is 104. The van der Waals surface area contributed by atoms with E-state index in [4.69, 9.17) is 65.7 Å². The molecule has 0 aliphatic carbocycles. The number of carbonyl (C=O) groups excluding carboxylic acids is 5. The van der Waals surface area contributed by atoms with Crippen LogP contribution >= 0.6 is 22.9 Å². The standard InChI is InChI=1S/C73H82ClFN14O15S/c1-45(2)64(86-60(90)43-100-39-38-99-37-36-98-34-28-82-87-77)68(92)85-55(12-9-26-79-72(76)95)67(91)84-51-21-15-47(16-22-51)41-103-73(96)89-31-29-88(30-32-89)33-35-101-58-24-23-53(46(3)63(58)74)61-62-69(80-44-81-70(62)105-65(61)48-17-19-50(75)20-18-48)104-59(71(93)94)40-49-10-5-7-13-56(49)102-42-52-25-27-78-66(83-52)54-11-6-8-14-57(54)97-4/h5-8,10-11,13-25,27,44-45,55,59,64H,9,12,26,28-43H2,1-4H3,(H,84,91)(H,85,92)(H,86,90)(H,93,94)(H3,76,79,95)/t55-,59+,64-/m0/s1. The fourth-order valence-corrected chi connectivity index (χ4v) is 12.5. The van der Waals surface area contributed by atoms with Crippen molar-refractivity contribution in [1.82, 2.24) is 45.7 Å². The van der Waals surface area contributed by atoms with E-state index in [0.29, 0.717) is 126 Å². The average molecular weight is 1480 g/mol. The van der Waals surface area contributed by atoms with Gasteiger partial charge in [0.1, 0.15) is 72.7 Å². The maximum absolute atomic E-state index is 14.5. The topological polar surface area (TPSA) is 377 Å². The van der Waals surface area contributed by atoms with Crippen molar-refractivity contribution in [1.29, 1.82) is 0 Å². The zero-order chi connectivity index (χ0) is 74.6. The molecule has 0 radical (unpaired) electrons. The van der Waals surface area contributed by atoms with Crippen LogP contribution < -0.4 is 45.9 Å². The van der Waals surface area contributed by atoms with Crippen LogP contribution in [0, 0.1) is 18.7 Å². The number of amides is 6. The number of hydrogen-bond donors (Lipinski definition) is 6. The van der Waals surface area contributed by atoms with Crippen molar-refractivity contribution >= 4 is 74.7 Å². The Morgan fingerprint density at radius 2 is 1.51 bits per heavy atom. The third-order valence-electron chi connectivity index (χ3n) is 16.6. The van der Waals surface area contributed by atoms with Crippen molar-refractivity contribution in [2.75, 3.05) is 104 Å². The van der Waals surface area contributed by atoms with Gasteiger partial charge in [0.2, 0.25) is 29.7 Å². The van der Waals surface area contributed by atoms with E-state index in [0.717, 1.165) is 0 Å². The van der Waals surface area contributed by atoms with Crippen LogP contribution in [-0.4, -0.2) is 188 Å². The Morgan fingerprint density at radius 3 is 2.24 bits per heavy atom. The van der Waals surface area contributed by atoms with Gasteiger partial charge in [-0.1, -0.05) is 91.2 Å². The number of benzene rings is 5. The van der Waals surface area contributed by atoms with E-state index in [1.165, 1.54) is 29.8 Å². The lowest BCUT2D eigenvalue weighted by Gasteiger charge is -2.34. The highest BCUT2D eigenvalue weighted by Crippen LogP contribution is 2.50. The van der Waals surface area contributed by atoms with Gasteiger partial charge in [0.15, 0.2) is 5.82 Å². The van der Waals surface area contributed by atoms with E-state index >= 15 is 0 Å². The van der Waals surface area contributed by atoms with Gasteiger partial charge >= 0.3 is 18.1 Å². The third kappa shape index (κ3) is 22.9. The lowest BCUT2D eigenvalue weighted by Crippen LogP contribution is -2.55. The number of anilines is 1. The van der Waals surface area contributed by atoms with Crippen LogP contribution in [0.3, 0.4) is 0 Å². The first-order valence-electron chi connectivity index (χ1n) is 33.8. The number of aliphatic carboxylic acids is 1. The molecule has 0 saturated carbocycles. The molecule has 554 valence electrons. The second kappa shape index (κ2) is 39.7. The Bertz CT molecular complexity index is 4320. The number of methoxy groups -OCH3 is 1. The van der Waals surface area contributed by atoms with Gasteiger partial charge in [0.25, 0.3) is 0 Å². The Kier molecular flexibility index (Phi) is 29.7. The molecular formula is C73H82ClFN14O15S. The molecule has 32 heteroatoms. The largest absolute Gasteiger partial charge is 0.496 e. The van der Waals surface area contributed by atoms with Gasteiger partial charge < -0.3 is 74.9 Å². The number of nitrogens with one attached hydrogen (secondary N) is 4. The number of azide groups is 1. The van der Waals surface area contributed by atoms with Crippen LogP contribution in [0.1, 0.15) is 49.1 Å². The highest BCUT2D eigenvalue weighted by Gasteiger charge is 2.32. The number of primary amides is 1. The van der Waals surface area contributed by atoms with Crippen molar-refractivity contribution in [2.45, 2.75) is 71.4 Å². The first kappa shape index (κ1) is 78.3. The molecule has 1 saturated heterocycles. The van der Waals surface area contributed by atoms with E-state index in [9.17, 15) is 38.3 Å². The highest BCUT2D eigenvalue weighted by atomic mass is 35.5. The van der Waals surface area contributed by atoms with Gasteiger partial charge in [0.05, 0.1) is 61.8 Å². The number of nitrogens with zero attached hydrogens (tertiary/aromatic N) is 9. The second-order valence-corrected chi connectivity index (χ2v) is 25.6. The number of para-hydroxylation sites is 2. The summed E-state index contributed by atoms with van der Waals surface area (Å²) in [6, 6.07) is 29.6. The fourth-order valence-electron chi connectivity index (χ4n) is 11.2. The molecule has 29 nitrogen and oxygen atoms in total. The molecule has 9 rings (SSSR count). The molecular weight excluding hydrogens is 1400 g/mol. The number of urea groups is 1. The van der Waals surface area contributed by atoms with Crippen molar-refractivity contribution < 1.29 is 76.2 Å². The maximum atomic E-state index is 14.5. The summed E-state index contributed by atoms with van der Waals surface area (Å²) >= 11 is 8.49. The molecule has 0 unspecified atom stereocenters. The number of piperazine rings is 1. The number of rotatable bonds is 39. The molecule has 1 aliphatic rings. The summed E-state index contributed by atoms with van der Waals surface area (Å²) in [5.74, 6) is -1.89. The number of halogens is 2. The Hall–Kier alpha value is -10.8. The summed E-state index contributed by atoms with van der Waals surface area (Å²) in [5.41, 5.74) is 19.0. The minimum absolute atomic E-state index is 0.00496. The molecule has 1 fully saturated rings. The lowest BCUT2D eigenvalue weighted by molar-refractivity contribution is -0.145. The second-order valence-electron chi connectivity index (χ2n) is 24.3. The Balaban J connectivity index is 0.764. The highest BCUT2D eigenvalue weighted by molar-refractivity contribution is 7.22. The summed E-state index contributed by atoms with van der Waals surface area (Å²) in [5, 5.41) is 25.6. The molecule has 7 N–H and O–H groups in total. The summed E-state index contributed by atoms with van der Waals surface area (Å²) in [6.45, 7) is 9.01. The normalized spacial score (nSPS) is 13.0. The number of carbonyl (C=O) groups is 6. The van der Waals surface area contributed by atoms with Crippen molar-refractivity contribution in [3.8, 4) is 56.1 Å². The summed E-state index contributed by atoms with van der Waals surface area (Å²) < 4.78 is 60.8. The number of carboxylic acids is 1. The van der Waals surface area contributed by atoms with Crippen molar-refractivity contribution in [3.05, 3.63) is 171 Å². The number of hydrogen-bond acceptors (Lipinski definition) is 21. The zero-order valence-electron chi connectivity index (χ0n) is 58.3. The van der Waals surface area contributed by atoms with E-state index in [1.807, 2.05) is 37.3 Å².